The van der Waals surface area contributed by atoms with E-state index in [9.17, 15) is 4.79 Å². The van der Waals surface area contributed by atoms with E-state index in [-0.39, 0.29) is 23.7 Å². The predicted octanol–water partition coefficient (Wildman–Crippen LogP) is 3.68. The molecule has 0 bridgehead atoms. The summed E-state index contributed by atoms with van der Waals surface area (Å²) in [6, 6.07) is 8.24. The van der Waals surface area contributed by atoms with E-state index in [0.29, 0.717) is 13.0 Å². The molecule has 1 aliphatic rings. The van der Waals surface area contributed by atoms with Crippen LogP contribution in [0.5, 0.6) is 5.75 Å². The molecule has 5 heteroatoms. The van der Waals surface area contributed by atoms with Crippen molar-refractivity contribution in [1.29, 1.82) is 0 Å². The highest BCUT2D eigenvalue weighted by molar-refractivity contribution is 5.85. The summed E-state index contributed by atoms with van der Waals surface area (Å²) in [4.78, 5) is 11.8. The summed E-state index contributed by atoms with van der Waals surface area (Å²) in [6.07, 6.45) is 3.59. The van der Waals surface area contributed by atoms with Crippen LogP contribution in [-0.4, -0.2) is 32.1 Å². The highest BCUT2D eigenvalue weighted by Crippen LogP contribution is 2.24. The summed E-state index contributed by atoms with van der Waals surface area (Å²) in [5.74, 6) is 1.73. The molecule has 1 aliphatic heterocycles. The Hall–Kier alpha value is -1.26. The Morgan fingerprint density at radius 3 is 2.60 bits per heavy atom. The molecule has 2 rings (SSSR count). The number of carbonyl (C=O) groups is 1. The van der Waals surface area contributed by atoms with E-state index in [0.717, 1.165) is 44.1 Å². The van der Waals surface area contributed by atoms with Crippen LogP contribution in [-0.2, 0) is 10.2 Å². The first-order valence-electron chi connectivity index (χ1n) is 9.16. The molecule has 25 heavy (non-hydrogen) atoms. The molecule has 1 atom stereocenters. The van der Waals surface area contributed by atoms with Crippen molar-refractivity contribution in [3.8, 4) is 5.75 Å². The maximum atomic E-state index is 11.8. The molecule has 0 saturated carbocycles. The van der Waals surface area contributed by atoms with Gasteiger partial charge in [0.1, 0.15) is 5.75 Å². The van der Waals surface area contributed by atoms with Gasteiger partial charge in [0, 0.05) is 13.0 Å². The lowest BCUT2D eigenvalue weighted by Crippen LogP contribution is -2.26. The molecule has 1 aromatic carbocycles. The summed E-state index contributed by atoms with van der Waals surface area (Å²) in [5.41, 5.74) is 1.46. The standard InChI is InChI=1S/C20H32N2O2.ClH/c1-20(2,3)17-6-8-18(9-7-17)24-14-4-5-19(23)22-13-11-16-10-12-21-15-16;/h6-9,16,21H,4-5,10-15H2,1-3H3,(H,22,23);1H. The number of benzene rings is 1. The van der Waals surface area contributed by atoms with Gasteiger partial charge in [-0.05, 0) is 61.4 Å². The Bertz CT molecular complexity index is 505. The maximum Gasteiger partial charge on any atom is 0.220 e. The van der Waals surface area contributed by atoms with Crippen molar-refractivity contribution >= 4 is 18.3 Å². The minimum Gasteiger partial charge on any atom is -0.494 e. The normalized spacial score (nSPS) is 17.0. The molecule has 1 amide bonds. The molecule has 0 aliphatic carbocycles. The molecule has 1 heterocycles. The first kappa shape index (κ1) is 21.8. The lowest BCUT2D eigenvalue weighted by Gasteiger charge is -2.19. The fraction of sp³-hybridized carbons (Fsp3) is 0.650. The van der Waals surface area contributed by atoms with Crippen LogP contribution in [0.25, 0.3) is 0 Å². The van der Waals surface area contributed by atoms with Gasteiger partial charge in [0.05, 0.1) is 6.61 Å². The fourth-order valence-electron chi connectivity index (χ4n) is 2.94. The van der Waals surface area contributed by atoms with Crippen molar-refractivity contribution in [1.82, 2.24) is 10.6 Å². The number of halogens is 1. The van der Waals surface area contributed by atoms with Gasteiger partial charge < -0.3 is 15.4 Å². The lowest BCUT2D eigenvalue weighted by atomic mass is 9.87. The van der Waals surface area contributed by atoms with Gasteiger partial charge in [-0.2, -0.15) is 0 Å². The monoisotopic (exact) mass is 368 g/mol. The van der Waals surface area contributed by atoms with Crippen molar-refractivity contribution in [2.24, 2.45) is 5.92 Å². The predicted molar refractivity (Wildman–Crippen MR) is 106 cm³/mol. The zero-order chi connectivity index (χ0) is 17.4. The van der Waals surface area contributed by atoms with Gasteiger partial charge >= 0.3 is 0 Å². The van der Waals surface area contributed by atoms with Gasteiger partial charge in [-0.15, -0.1) is 12.4 Å². The number of nitrogens with one attached hydrogen (secondary N) is 2. The molecule has 4 nitrogen and oxygen atoms in total. The van der Waals surface area contributed by atoms with Crippen LogP contribution in [0.4, 0.5) is 0 Å². The second-order valence-electron chi connectivity index (χ2n) is 7.72. The van der Waals surface area contributed by atoms with Crippen LogP contribution >= 0.6 is 12.4 Å². The van der Waals surface area contributed by atoms with E-state index in [1.165, 1.54) is 12.0 Å². The molecule has 1 saturated heterocycles. The Balaban J connectivity index is 0.00000312. The van der Waals surface area contributed by atoms with E-state index in [1.807, 2.05) is 12.1 Å². The first-order chi connectivity index (χ1) is 11.4. The summed E-state index contributed by atoms with van der Waals surface area (Å²) >= 11 is 0. The molecule has 0 aromatic heterocycles. The Morgan fingerprint density at radius 2 is 2.00 bits per heavy atom. The van der Waals surface area contributed by atoms with Crippen molar-refractivity contribution in [3.63, 3.8) is 0 Å². The molecule has 2 N–H and O–H groups in total. The Labute approximate surface area is 158 Å². The van der Waals surface area contributed by atoms with Crippen LogP contribution < -0.4 is 15.4 Å². The molecular formula is C20H33ClN2O2. The minimum atomic E-state index is 0. The van der Waals surface area contributed by atoms with E-state index in [1.54, 1.807) is 0 Å². The number of rotatable bonds is 8. The summed E-state index contributed by atoms with van der Waals surface area (Å²) in [6.45, 7) is 10.2. The van der Waals surface area contributed by atoms with Crippen LogP contribution in [0.15, 0.2) is 24.3 Å². The van der Waals surface area contributed by atoms with Crippen LogP contribution in [0.2, 0.25) is 0 Å². The summed E-state index contributed by atoms with van der Waals surface area (Å²) in [5, 5.41) is 6.36. The van der Waals surface area contributed by atoms with Gasteiger partial charge in [-0.25, -0.2) is 0 Å². The molecule has 1 fully saturated rings. The van der Waals surface area contributed by atoms with E-state index >= 15 is 0 Å². The average Bonchev–Trinajstić information content (AvgIpc) is 3.04. The van der Waals surface area contributed by atoms with Crippen LogP contribution in [0, 0.1) is 5.92 Å². The second-order valence-corrected chi connectivity index (χ2v) is 7.72. The fourth-order valence-corrected chi connectivity index (χ4v) is 2.94. The van der Waals surface area contributed by atoms with Crippen molar-refractivity contribution < 1.29 is 9.53 Å². The smallest absolute Gasteiger partial charge is 0.220 e. The number of ether oxygens (including phenoxy) is 1. The number of amides is 1. The topological polar surface area (TPSA) is 50.4 Å². The molecule has 1 unspecified atom stereocenters. The summed E-state index contributed by atoms with van der Waals surface area (Å²) in [7, 11) is 0. The number of hydrogen-bond donors (Lipinski definition) is 2. The summed E-state index contributed by atoms with van der Waals surface area (Å²) < 4.78 is 5.72. The SMILES string of the molecule is CC(C)(C)c1ccc(OCCCC(=O)NCCC2CCNC2)cc1.Cl. The lowest BCUT2D eigenvalue weighted by molar-refractivity contribution is -0.121. The Kier molecular flexibility index (Phi) is 9.30. The third-order valence-corrected chi connectivity index (χ3v) is 4.57. The van der Waals surface area contributed by atoms with E-state index in [2.05, 4.69) is 43.5 Å². The highest BCUT2D eigenvalue weighted by atomic mass is 35.5. The molecule has 0 radical (unpaired) electrons. The van der Waals surface area contributed by atoms with Gasteiger partial charge in [0.25, 0.3) is 0 Å². The van der Waals surface area contributed by atoms with Gasteiger partial charge in [-0.3, -0.25) is 4.79 Å². The Morgan fingerprint density at radius 1 is 1.28 bits per heavy atom. The molecular weight excluding hydrogens is 336 g/mol. The first-order valence-corrected chi connectivity index (χ1v) is 9.16. The average molecular weight is 369 g/mol. The largest absolute Gasteiger partial charge is 0.494 e. The minimum absolute atomic E-state index is 0. The number of hydrogen-bond acceptors (Lipinski definition) is 3. The van der Waals surface area contributed by atoms with E-state index < -0.39 is 0 Å². The van der Waals surface area contributed by atoms with E-state index in [4.69, 9.17) is 4.74 Å². The van der Waals surface area contributed by atoms with Gasteiger partial charge in [0.2, 0.25) is 5.91 Å². The van der Waals surface area contributed by atoms with Crippen LogP contribution in [0.1, 0.15) is 52.0 Å². The zero-order valence-corrected chi connectivity index (χ0v) is 16.6. The van der Waals surface area contributed by atoms with Gasteiger partial charge in [0.15, 0.2) is 0 Å². The van der Waals surface area contributed by atoms with Crippen LogP contribution in [0.3, 0.4) is 0 Å². The highest BCUT2D eigenvalue weighted by Gasteiger charge is 2.14. The van der Waals surface area contributed by atoms with Gasteiger partial charge in [-0.1, -0.05) is 32.9 Å². The van der Waals surface area contributed by atoms with Crippen molar-refractivity contribution in [2.45, 2.75) is 51.9 Å². The third kappa shape index (κ3) is 8.10. The molecule has 142 valence electrons. The molecule has 0 spiro atoms. The zero-order valence-electron chi connectivity index (χ0n) is 15.8. The van der Waals surface area contributed by atoms with Crippen molar-refractivity contribution in [3.05, 3.63) is 29.8 Å². The maximum absolute atomic E-state index is 11.8. The van der Waals surface area contributed by atoms with Crippen molar-refractivity contribution in [2.75, 3.05) is 26.2 Å². The number of carbonyl (C=O) groups excluding carboxylic acids is 1. The third-order valence-electron chi connectivity index (χ3n) is 4.57. The second kappa shape index (κ2) is 10.7. The quantitative estimate of drug-likeness (QED) is 0.688. The molecule has 1 aromatic rings.